The molecule has 0 aliphatic rings. The van der Waals surface area contributed by atoms with Crippen LogP contribution >= 0.6 is 0 Å². The van der Waals surface area contributed by atoms with Crippen LogP contribution in [0.4, 0.5) is 0 Å². The van der Waals surface area contributed by atoms with Crippen molar-refractivity contribution < 1.29 is 4.42 Å². The van der Waals surface area contributed by atoms with Crippen LogP contribution in [0.2, 0.25) is 0 Å². The lowest BCUT2D eigenvalue weighted by Gasteiger charge is -1.94. The van der Waals surface area contributed by atoms with Crippen molar-refractivity contribution in [3.8, 4) is 0 Å². The molecule has 66 valence electrons. The van der Waals surface area contributed by atoms with Gasteiger partial charge in [-0.05, 0) is 12.5 Å². The second-order valence-electron chi connectivity index (χ2n) is 3.07. The van der Waals surface area contributed by atoms with Crippen molar-refractivity contribution in [1.29, 1.82) is 0 Å². The average molecular weight is 165 g/mol. The first-order valence-electron chi connectivity index (χ1n) is 4.36. The number of nitrogens with zero attached hydrogens (tertiary/aromatic N) is 1. The van der Waals surface area contributed by atoms with Gasteiger partial charge in [0.2, 0.25) is 5.89 Å². The topological polar surface area (TPSA) is 26.0 Å². The molecule has 1 rings (SSSR count). The molecule has 0 aliphatic heterocycles. The predicted molar refractivity (Wildman–Crippen MR) is 49.9 cm³/mol. The molecule has 1 aromatic heterocycles. The van der Waals surface area contributed by atoms with E-state index in [-0.39, 0.29) is 0 Å². The van der Waals surface area contributed by atoms with Gasteiger partial charge in [-0.1, -0.05) is 26.8 Å². The highest BCUT2D eigenvalue weighted by Crippen LogP contribution is 2.15. The van der Waals surface area contributed by atoms with Crippen LogP contribution in [-0.2, 0) is 0 Å². The lowest BCUT2D eigenvalue weighted by Crippen LogP contribution is -1.80. The second-order valence-corrected chi connectivity index (χ2v) is 3.07. The highest BCUT2D eigenvalue weighted by molar-refractivity contribution is 5.37. The summed E-state index contributed by atoms with van der Waals surface area (Å²) in [6, 6.07) is 0. The molecule has 0 N–H and O–H groups in total. The monoisotopic (exact) mass is 165 g/mol. The Bertz CT molecular complexity index is 261. The molecule has 0 amide bonds. The summed E-state index contributed by atoms with van der Waals surface area (Å²) >= 11 is 0. The van der Waals surface area contributed by atoms with E-state index in [1.165, 1.54) is 0 Å². The highest BCUT2D eigenvalue weighted by atomic mass is 16.4. The van der Waals surface area contributed by atoms with Gasteiger partial charge in [-0.3, -0.25) is 0 Å². The van der Waals surface area contributed by atoms with Crippen molar-refractivity contribution in [3.63, 3.8) is 0 Å². The largest absolute Gasteiger partial charge is 0.442 e. The van der Waals surface area contributed by atoms with E-state index >= 15 is 0 Å². The van der Waals surface area contributed by atoms with E-state index in [1.54, 1.807) is 6.20 Å². The molecule has 0 bridgehead atoms. The fraction of sp³-hybridized carbons (Fsp3) is 0.500. The van der Waals surface area contributed by atoms with Crippen molar-refractivity contribution in [1.82, 2.24) is 4.98 Å². The summed E-state index contributed by atoms with van der Waals surface area (Å²) in [4.78, 5) is 4.12. The molecule has 0 atom stereocenters. The molecule has 12 heavy (non-hydrogen) atoms. The van der Waals surface area contributed by atoms with Crippen molar-refractivity contribution in [3.05, 3.63) is 23.9 Å². The average Bonchev–Trinajstić information content (AvgIpc) is 2.48. The van der Waals surface area contributed by atoms with Crippen molar-refractivity contribution in [2.45, 2.75) is 33.1 Å². The summed E-state index contributed by atoms with van der Waals surface area (Å²) in [5.41, 5.74) is 0. The number of hydrogen-bond acceptors (Lipinski definition) is 2. The minimum Gasteiger partial charge on any atom is -0.442 e. The van der Waals surface area contributed by atoms with E-state index in [4.69, 9.17) is 4.42 Å². The van der Waals surface area contributed by atoms with Crippen LogP contribution in [-0.4, -0.2) is 4.98 Å². The number of allylic oxidation sites excluding steroid dienone is 1. The molecular weight excluding hydrogens is 150 g/mol. The van der Waals surface area contributed by atoms with Gasteiger partial charge in [0.05, 0.1) is 6.20 Å². The molecule has 0 spiro atoms. The van der Waals surface area contributed by atoms with Gasteiger partial charge >= 0.3 is 0 Å². The molecule has 1 heterocycles. The van der Waals surface area contributed by atoms with Crippen LogP contribution in [0.3, 0.4) is 0 Å². The van der Waals surface area contributed by atoms with E-state index in [9.17, 15) is 0 Å². The lowest BCUT2D eigenvalue weighted by atomic mass is 10.2. The first-order chi connectivity index (χ1) is 5.74. The summed E-state index contributed by atoms with van der Waals surface area (Å²) in [7, 11) is 0. The summed E-state index contributed by atoms with van der Waals surface area (Å²) in [5.74, 6) is 2.08. The molecule has 2 nitrogen and oxygen atoms in total. The minimum atomic E-state index is 0.418. The van der Waals surface area contributed by atoms with Gasteiger partial charge in [0.1, 0.15) is 5.76 Å². The van der Waals surface area contributed by atoms with Crippen LogP contribution in [0, 0.1) is 0 Å². The maximum absolute atomic E-state index is 5.45. The van der Waals surface area contributed by atoms with Gasteiger partial charge in [0, 0.05) is 5.92 Å². The van der Waals surface area contributed by atoms with Gasteiger partial charge in [-0.2, -0.15) is 0 Å². The molecule has 0 unspecified atom stereocenters. The number of aromatic nitrogens is 1. The fourth-order valence-electron chi connectivity index (χ4n) is 0.863. The minimum absolute atomic E-state index is 0.418. The van der Waals surface area contributed by atoms with Gasteiger partial charge in [0.25, 0.3) is 0 Å². The molecule has 0 radical (unpaired) electrons. The molecule has 0 saturated carbocycles. The molecule has 2 heteroatoms. The maximum Gasteiger partial charge on any atom is 0.218 e. The smallest absolute Gasteiger partial charge is 0.218 e. The molecule has 0 fully saturated rings. The van der Waals surface area contributed by atoms with Gasteiger partial charge in [-0.25, -0.2) is 4.98 Å². The van der Waals surface area contributed by atoms with Gasteiger partial charge in [-0.15, -0.1) is 0 Å². The third kappa shape index (κ3) is 2.22. The Hall–Kier alpha value is -1.05. The van der Waals surface area contributed by atoms with Crippen LogP contribution in [0.5, 0.6) is 0 Å². The Morgan fingerprint density at radius 2 is 2.33 bits per heavy atom. The predicted octanol–water partition coefficient (Wildman–Crippen LogP) is 3.22. The standard InChI is InChI=1S/C10H15NO/c1-4-5-6-10-11-7-9(12-10)8(2)3/h5-8H,4H2,1-3H3/b6-5+. The van der Waals surface area contributed by atoms with Crippen molar-refractivity contribution >= 4 is 6.08 Å². The summed E-state index contributed by atoms with van der Waals surface area (Å²) in [5, 5.41) is 0. The SMILES string of the molecule is CC/C=C/c1ncc(C(C)C)o1. The Morgan fingerprint density at radius 3 is 2.83 bits per heavy atom. The highest BCUT2D eigenvalue weighted by Gasteiger charge is 2.04. The van der Waals surface area contributed by atoms with E-state index in [2.05, 4.69) is 25.8 Å². The molecule has 0 aliphatic carbocycles. The van der Waals surface area contributed by atoms with E-state index in [0.717, 1.165) is 12.2 Å². The Morgan fingerprint density at radius 1 is 1.58 bits per heavy atom. The number of oxazole rings is 1. The molecule has 0 saturated heterocycles. The van der Waals surface area contributed by atoms with Gasteiger partial charge < -0.3 is 4.42 Å². The summed E-state index contributed by atoms with van der Waals surface area (Å²) in [6.45, 7) is 6.27. The van der Waals surface area contributed by atoms with E-state index < -0.39 is 0 Å². The zero-order valence-corrected chi connectivity index (χ0v) is 7.87. The summed E-state index contributed by atoms with van der Waals surface area (Å²) in [6.07, 6.45) is 6.75. The first kappa shape index (κ1) is 9.04. The second kappa shape index (κ2) is 4.10. The third-order valence-corrected chi connectivity index (χ3v) is 1.61. The van der Waals surface area contributed by atoms with Crippen LogP contribution < -0.4 is 0 Å². The van der Waals surface area contributed by atoms with E-state index in [0.29, 0.717) is 11.8 Å². The lowest BCUT2D eigenvalue weighted by molar-refractivity contribution is 0.474. The quantitative estimate of drug-likeness (QED) is 0.687. The van der Waals surface area contributed by atoms with Crippen molar-refractivity contribution in [2.75, 3.05) is 0 Å². The Labute approximate surface area is 73.3 Å². The fourth-order valence-corrected chi connectivity index (χ4v) is 0.863. The molecular formula is C10H15NO. The molecule has 0 aromatic carbocycles. The maximum atomic E-state index is 5.45. The normalized spacial score (nSPS) is 11.7. The van der Waals surface area contributed by atoms with Gasteiger partial charge in [0.15, 0.2) is 0 Å². The summed E-state index contributed by atoms with van der Waals surface area (Å²) < 4.78 is 5.45. The zero-order chi connectivity index (χ0) is 8.97. The third-order valence-electron chi connectivity index (χ3n) is 1.61. The number of hydrogen-bond donors (Lipinski definition) is 0. The van der Waals surface area contributed by atoms with Crippen LogP contribution in [0.1, 0.15) is 44.8 Å². The first-order valence-corrected chi connectivity index (χ1v) is 4.36. The number of rotatable bonds is 3. The van der Waals surface area contributed by atoms with E-state index in [1.807, 2.05) is 12.2 Å². The zero-order valence-electron chi connectivity index (χ0n) is 7.87. The molecule has 1 aromatic rings. The Balaban J connectivity index is 2.70. The van der Waals surface area contributed by atoms with Crippen LogP contribution in [0.15, 0.2) is 16.7 Å². The Kier molecular flexibility index (Phi) is 3.09. The van der Waals surface area contributed by atoms with Crippen LogP contribution in [0.25, 0.3) is 6.08 Å². The van der Waals surface area contributed by atoms with Crippen molar-refractivity contribution in [2.24, 2.45) is 0 Å².